The average Bonchev–Trinajstić information content (AvgIpc) is 2.88. The van der Waals surface area contributed by atoms with Gasteiger partial charge in [-0.05, 0) is 19.1 Å². The van der Waals surface area contributed by atoms with Gasteiger partial charge in [-0.1, -0.05) is 6.92 Å². The number of rotatable bonds is 8. The minimum absolute atomic E-state index is 0.0410. The highest BCUT2D eigenvalue weighted by atomic mass is 32.2. The summed E-state index contributed by atoms with van der Waals surface area (Å²) < 4.78 is 27.6. The number of furan rings is 1. The zero-order chi connectivity index (χ0) is 14.3. The molecule has 19 heavy (non-hydrogen) atoms. The smallest absolute Gasteiger partial charge is 0.237 e. The number of carbonyl (C=O) groups is 1. The van der Waals surface area contributed by atoms with E-state index in [4.69, 9.17) is 4.42 Å². The standard InChI is InChI=1S/C12H20N2O4S/c1-3-19(16,17)8-6-13-10(2)12(15)14-9-11-5-4-7-18-11/h4-5,7,10,13H,3,6,8-9H2,1-2H3,(H,14,15). The summed E-state index contributed by atoms with van der Waals surface area (Å²) >= 11 is 0. The van der Waals surface area contributed by atoms with Crippen molar-refractivity contribution in [1.82, 2.24) is 10.6 Å². The fourth-order valence-electron chi connectivity index (χ4n) is 1.41. The molecule has 0 bridgehead atoms. The summed E-state index contributed by atoms with van der Waals surface area (Å²) in [6, 6.07) is 3.08. The zero-order valence-corrected chi connectivity index (χ0v) is 12.0. The van der Waals surface area contributed by atoms with Gasteiger partial charge in [-0.2, -0.15) is 0 Å². The highest BCUT2D eigenvalue weighted by molar-refractivity contribution is 7.91. The van der Waals surface area contributed by atoms with E-state index in [0.29, 0.717) is 12.3 Å². The highest BCUT2D eigenvalue weighted by Crippen LogP contribution is 1.98. The largest absolute Gasteiger partial charge is 0.467 e. The third-order valence-corrected chi connectivity index (χ3v) is 4.42. The maximum atomic E-state index is 11.7. The molecule has 0 saturated heterocycles. The van der Waals surface area contributed by atoms with Crippen LogP contribution in [0.5, 0.6) is 0 Å². The molecule has 1 rings (SSSR count). The molecule has 7 heteroatoms. The van der Waals surface area contributed by atoms with E-state index in [9.17, 15) is 13.2 Å². The van der Waals surface area contributed by atoms with Crippen LogP contribution in [0, 0.1) is 0 Å². The first-order valence-electron chi connectivity index (χ1n) is 6.18. The Morgan fingerprint density at radius 1 is 1.47 bits per heavy atom. The van der Waals surface area contributed by atoms with Gasteiger partial charge in [-0.15, -0.1) is 0 Å². The van der Waals surface area contributed by atoms with Gasteiger partial charge < -0.3 is 15.1 Å². The first kappa shape index (κ1) is 15.7. The summed E-state index contributed by atoms with van der Waals surface area (Å²) in [5.74, 6) is 0.645. The normalized spacial score (nSPS) is 13.2. The van der Waals surface area contributed by atoms with Gasteiger partial charge in [0.25, 0.3) is 0 Å². The molecule has 6 nitrogen and oxygen atoms in total. The van der Waals surface area contributed by atoms with Crippen molar-refractivity contribution in [1.29, 1.82) is 0 Å². The number of hydrogen-bond acceptors (Lipinski definition) is 5. The molecular weight excluding hydrogens is 268 g/mol. The molecule has 1 aromatic heterocycles. The lowest BCUT2D eigenvalue weighted by Crippen LogP contribution is -2.43. The molecule has 0 aliphatic heterocycles. The van der Waals surface area contributed by atoms with Crippen molar-refractivity contribution in [2.24, 2.45) is 0 Å². The first-order valence-corrected chi connectivity index (χ1v) is 8.00. The quantitative estimate of drug-likeness (QED) is 0.718. The van der Waals surface area contributed by atoms with E-state index >= 15 is 0 Å². The van der Waals surface area contributed by atoms with E-state index in [0.717, 1.165) is 0 Å². The third kappa shape index (κ3) is 5.89. The van der Waals surface area contributed by atoms with Crippen molar-refractivity contribution in [2.45, 2.75) is 26.4 Å². The van der Waals surface area contributed by atoms with Crippen LogP contribution < -0.4 is 10.6 Å². The Balaban J connectivity index is 2.25. The van der Waals surface area contributed by atoms with Gasteiger partial charge >= 0.3 is 0 Å². The minimum atomic E-state index is -3.00. The topological polar surface area (TPSA) is 88.4 Å². The van der Waals surface area contributed by atoms with Crippen LogP contribution >= 0.6 is 0 Å². The maximum Gasteiger partial charge on any atom is 0.237 e. The number of sulfone groups is 1. The molecule has 0 spiro atoms. The van der Waals surface area contributed by atoms with E-state index < -0.39 is 15.9 Å². The van der Waals surface area contributed by atoms with Crippen molar-refractivity contribution in [3.05, 3.63) is 24.2 Å². The van der Waals surface area contributed by atoms with Gasteiger partial charge in [0, 0.05) is 12.3 Å². The molecule has 0 fully saturated rings. The van der Waals surface area contributed by atoms with Gasteiger partial charge in [0.2, 0.25) is 5.91 Å². The summed E-state index contributed by atoms with van der Waals surface area (Å²) in [5, 5.41) is 5.58. The number of nitrogens with one attached hydrogen (secondary N) is 2. The van der Waals surface area contributed by atoms with Crippen molar-refractivity contribution in [3.8, 4) is 0 Å². The first-order chi connectivity index (χ1) is 8.94. The summed E-state index contributed by atoms with van der Waals surface area (Å²) in [6.07, 6.45) is 1.54. The second-order valence-corrected chi connectivity index (χ2v) is 6.68. The lowest BCUT2D eigenvalue weighted by Gasteiger charge is -2.13. The van der Waals surface area contributed by atoms with Crippen LogP contribution in [-0.2, 0) is 21.2 Å². The number of carbonyl (C=O) groups excluding carboxylic acids is 1. The Morgan fingerprint density at radius 2 is 2.21 bits per heavy atom. The van der Waals surface area contributed by atoms with Crippen molar-refractivity contribution < 1.29 is 17.6 Å². The molecule has 0 saturated carbocycles. The van der Waals surface area contributed by atoms with Gasteiger partial charge in [-0.3, -0.25) is 4.79 Å². The van der Waals surface area contributed by atoms with E-state index in [1.54, 1.807) is 32.2 Å². The lowest BCUT2D eigenvalue weighted by molar-refractivity contribution is -0.123. The van der Waals surface area contributed by atoms with Crippen LogP contribution in [0.25, 0.3) is 0 Å². The van der Waals surface area contributed by atoms with Gasteiger partial charge in [0.05, 0.1) is 24.6 Å². The third-order valence-electron chi connectivity index (χ3n) is 2.71. The van der Waals surface area contributed by atoms with Crippen LogP contribution in [0.2, 0.25) is 0 Å². The molecule has 1 atom stereocenters. The Hall–Kier alpha value is -1.34. The van der Waals surface area contributed by atoms with Crippen LogP contribution in [0.1, 0.15) is 19.6 Å². The summed E-state index contributed by atoms with van der Waals surface area (Å²) in [6.45, 7) is 3.89. The highest BCUT2D eigenvalue weighted by Gasteiger charge is 2.14. The fourth-order valence-corrected chi connectivity index (χ4v) is 2.13. The van der Waals surface area contributed by atoms with Crippen molar-refractivity contribution >= 4 is 15.7 Å². The average molecular weight is 288 g/mol. The molecule has 0 aromatic carbocycles. The second kappa shape index (κ2) is 7.30. The molecule has 2 N–H and O–H groups in total. The molecule has 1 aromatic rings. The van der Waals surface area contributed by atoms with Gasteiger partial charge in [0.15, 0.2) is 9.84 Å². The Labute approximate surface area is 113 Å². The Kier molecular flexibility index (Phi) is 6.04. The summed E-state index contributed by atoms with van der Waals surface area (Å²) in [4.78, 5) is 11.7. The van der Waals surface area contributed by atoms with Crippen molar-refractivity contribution in [2.75, 3.05) is 18.1 Å². The number of amides is 1. The van der Waals surface area contributed by atoms with Gasteiger partial charge in [0.1, 0.15) is 5.76 Å². The molecule has 1 amide bonds. The zero-order valence-electron chi connectivity index (χ0n) is 11.2. The summed E-state index contributed by atoms with van der Waals surface area (Å²) in [5.41, 5.74) is 0. The molecular formula is C12H20N2O4S. The van der Waals surface area contributed by atoms with E-state index in [-0.39, 0.29) is 24.0 Å². The van der Waals surface area contributed by atoms with E-state index in [1.165, 1.54) is 0 Å². The maximum absolute atomic E-state index is 11.7. The predicted octanol–water partition coefficient (Wildman–Crippen LogP) is 0.309. The fraction of sp³-hybridized carbons (Fsp3) is 0.583. The molecule has 108 valence electrons. The molecule has 0 aliphatic carbocycles. The summed E-state index contributed by atoms with van der Waals surface area (Å²) in [7, 11) is -3.00. The molecule has 0 radical (unpaired) electrons. The van der Waals surface area contributed by atoms with Crippen LogP contribution in [-0.4, -0.2) is 38.4 Å². The minimum Gasteiger partial charge on any atom is -0.467 e. The van der Waals surface area contributed by atoms with Gasteiger partial charge in [-0.25, -0.2) is 8.42 Å². The molecule has 1 unspecified atom stereocenters. The monoisotopic (exact) mass is 288 g/mol. The van der Waals surface area contributed by atoms with E-state index in [1.807, 2.05) is 0 Å². The van der Waals surface area contributed by atoms with E-state index in [2.05, 4.69) is 10.6 Å². The SMILES string of the molecule is CCS(=O)(=O)CCNC(C)C(=O)NCc1ccco1. The molecule has 1 heterocycles. The van der Waals surface area contributed by atoms with Crippen LogP contribution in [0.4, 0.5) is 0 Å². The van der Waals surface area contributed by atoms with Crippen LogP contribution in [0.3, 0.4) is 0 Å². The number of hydrogen-bond donors (Lipinski definition) is 2. The Morgan fingerprint density at radius 3 is 2.79 bits per heavy atom. The second-order valence-electron chi connectivity index (χ2n) is 4.21. The Bertz CT molecular complexity index is 482. The van der Waals surface area contributed by atoms with Crippen molar-refractivity contribution in [3.63, 3.8) is 0 Å². The van der Waals surface area contributed by atoms with Crippen LogP contribution in [0.15, 0.2) is 22.8 Å². The lowest BCUT2D eigenvalue weighted by atomic mass is 10.3. The molecule has 0 aliphatic rings. The predicted molar refractivity (Wildman–Crippen MR) is 72.3 cm³/mol.